The zero-order chi connectivity index (χ0) is 20.1. The molecule has 1 aromatic heterocycles. The van der Waals surface area contributed by atoms with Gasteiger partial charge in [-0.05, 0) is 37.3 Å². The molecule has 146 valence electrons. The Morgan fingerprint density at radius 3 is 2.86 bits per heavy atom. The van der Waals surface area contributed by atoms with Crippen molar-refractivity contribution in [1.82, 2.24) is 15.3 Å². The maximum atomic E-state index is 11.5. The van der Waals surface area contributed by atoms with Crippen molar-refractivity contribution in [2.24, 2.45) is 0 Å². The first-order valence-electron chi connectivity index (χ1n) is 8.89. The van der Waals surface area contributed by atoms with E-state index in [1.807, 2.05) is 25.1 Å². The van der Waals surface area contributed by atoms with E-state index in [1.54, 1.807) is 19.1 Å². The molecule has 3 rings (SSSR count). The molecule has 0 saturated heterocycles. The highest BCUT2D eigenvalue weighted by Gasteiger charge is 2.13. The smallest absolute Gasteiger partial charge is 0.220 e. The van der Waals surface area contributed by atoms with E-state index >= 15 is 0 Å². The molecular formula is C20H21ClN4O3. The van der Waals surface area contributed by atoms with Gasteiger partial charge in [-0.25, -0.2) is 9.97 Å². The predicted octanol–water partition coefficient (Wildman–Crippen LogP) is 4.03. The number of aromatic nitrogens is 2. The van der Waals surface area contributed by atoms with Gasteiger partial charge in [0.2, 0.25) is 5.91 Å². The fraction of sp³-hybridized carbons (Fsp3) is 0.250. The van der Waals surface area contributed by atoms with E-state index < -0.39 is 0 Å². The van der Waals surface area contributed by atoms with Gasteiger partial charge >= 0.3 is 0 Å². The molecule has 0 saturated carbocycles. The van der Waals surface area contributed by atoms with Crippen LogP contribution in [0, 0.1) is 0 Å². The highest BCUT2D eigenvalue weighted by molar-refractivity contribution is 6.32. The van der Waals surface area contributed by atoms with Crippen molar-refractivity contribution in [1.29, 1.82) is 0 Å². The Morgan fingerprint density at radius 2 is 2.11 bits per heavy atom. The zero-order valence-electron chi connectivity index (χ0n) is 15.6. The van der Waals surface area contributed by atoms with Gasteiger partial charge in [0.1, 0.15) is 30.3 Å². The van der Waals surface area contributed by atoms with Crippen LogP contribution in [-0.2, 0) is 4.79 Å². The van der Waals surface area contributed by atoms with Gasteiger partial charge in [-0.15, -0.1) is 0 Å². The van der Waals surface area contributed by atoms with Gasteiger partial charge in [-0.2, -0.15) is 0 Å². The summed E-state index contributed by atoms with van der Waals surface area (Å²) in [7, 11) is 0. The maximum absolute atomic E-state index is 11.5. The van der Waals surface area contributed by atoms with E-state index in [0.29, 0.717) is 41.2 Å². The topological polar surface area (TPSA) is 96.4 Å². The third-order valence-electron chi connectivity index (χ3n) is 4.05. The molecule has 1 heterocycles. The van der Waals surface area contributed by atoms with Gasteiger partial charge in [-0.3, -0.25) is 4.79 Å². The molecule has 1 atom stereocenters. The summed E-state index contributed by atoms with van der Waals surface area (Å²) in [6, 6.07) is 10.2. The number of benzene rings is 2. The summed E-state index contributed by atoms with van der Waals surface area (Å²) in [6.07, 6.45) is 1.89. The van der Waals surface area contributed by atoms with Crippen molar-refractivity contribution in [3.8, 4) is 11.5 Å². The molecule has 2 aromatic carbocycles. The molecule has 0 bridgehead atoms. The number of halogens is 1. The normalized spacial score (nSPS) is 11.8. The number of nitrogens with one attached hydrogen (secondary N) is 2. The van der Waals surface area contributed by atoms with E-state index in [1.165, 1.54) is 12.4 Å². The van der Waals surface area contributed by atoms with Crippen LogP contribution >= 0.6 is 11.6 Å². The number of phenols is 1. The second-order valence-corrected chi connectivity index (χ2v) is 6.70. The molecule has 3 N–H and O–H groups in total. The Morgan fingerprint density at radius 1 is 1.29 bits per heavy atom. The van der Waals surface area contributed by atoms with Crippen LogP contribution in [0.15, 0.2) is 42.7 Å². The van der Waals surface area contributed by atoms with Crippen LogP contribution < -0.4 is 15.4 Å². The highest BCUT2D eigenvalue weighted by atomic mass is 35.5. The molecule has 0 aliphatic heterocycles. The van der Waals surface area contributed by atoms with Crippen LogP contribution in [-0.4, -0.2) is 33.6 Å². The van der Waals surface area contributed by atoms with Gasteiger partial charge in [0, 0.05) is 12.1 Å². The van der Waals surface area contributed by atoms with Crippen LogP contribution in [0.5, 0.6) is 11.5 Å². The Hall–Kier alpha value is -3.06. The first-order valence-corrected chi connectivity index (χ1v) is 9.27. The summed E-state index contributed by atoms with van der Waals surface area (Å²) < 4.78 is 5.95. The van der Waals surface area contributed by atoms with Crippen molar-refractivity contribution in [2.75, 3.05) is 11.9 Å². The van der Waals surface area contributed by atoms with Crippen molar-refractivity contribution < 1.29 is 14.6 Å². The monoisotopic (exact) mass is 400 g/mol. The summed E-state index contributed by atoms with van der Waals surface area (Å²) in [6.45, 7) is 4.00. The zero-order valence-corrected chi connectivity index (χ0v) is 16.3. The molecule has 0 aliphatic carbocycles. The van der Waals surface area contributed by atoms with Crippen LogP contribution in [0.4, 0.5) is 11.5 Å². The van der Waals surface area contributed by atoms with Gasteiger partial charge in [0.15, 0.2) is 0 Å². The Labute approximate surface area is 167 Å². The number of phenolic OH excluding ortho intramolecular Hbond substituents is 1. The summed E-state index contributed by atoms with van der Waals surface area (Å²) in [4.78, 5) is 20.2. The summed E-state index contributed by atoms with van der Waals surface area (Å²) >= 11 is 5.99. The van der Waals surface area contributed by atoms with Gasteiger partial charge in [-0.1, -0.05) is 24.6 Å². The minimum Gasteiger partial charge on any atom is -0.506 e. The van der Waals surface area contributed by atoms with E-state index in [2.05, 4.69) is 20.6 Å². The SMILES string of the molecule is CCC(=O)N[C@@H](C)COc1cccc2ncnc(Nc3ccc(O)c(Cl)c3)c12. The molecule has 28 heavy (non-hydrogen) atoms. The van der Waals surface area contributed by atoms with E-state index in [4.69, 9.17) is 16.3 Å². The van der Waals surface area contributed by atoms with Crippen molar-refractivity contribution in [3.63, 3.8) is 0 Å². The van der Waals surface area contributed by atoms with Crippen LogP contribution in [0.25, 0.3) is 10.9 Å². The number of ether oxygens (including phenoxy) is 1. The molecule has 3 aromatic rings. The van der Waals surface area contributed by atoms with E-state index in [-0.39, 0.29) is 22.7 Å². The lowest BCUT2D eigenvalue weighted by Crippen LogP contribution is -2.36. The minimum absolute atomic E-state index is 0.00639. The molecule has 0 aliphatic rings. The molecular weight excluding hydrogens is 380 g/mol. The average Bonchev–Trinajstić information content (AvgIpc) is 2.69. The van der Waals surface area contributed by atoms with Crippen LogP contribution in [0.3, 0.4) is 0 Å². The third kappa shape index (κ3) is 4.61. The molecule has 0 radical (unpaired) electrons. The van der Waals surface area contributed by atoms with Crippen molar-refractivity contribution in [3.05, 3.63) is 47.7 Å². The lowest BCUT2D eigenvalue weighted by Gasteiger charge is -2.17. The number of anilines is 2. The molecule has 0 spiro atoms. The standard InChI is InChI=1S/C20H21ClN4O3/c1-3-18(27)24-12(2)10-28-17-6-4-5-15-19(17)20(23-11-22-15)25-13-7-8-16(26)14(21)9-13/h4-9,11-12,26H,3,10H2,1-2H3,(H,24,27)(H,22,23,25)/t12-/m0/s1. The van der Waals surface area contributed by atoms with E-state index in [9.17, 15) is 9.90 Å². The summed E-state index contributed by atoms with van der Waals surface area (Å²) in [5.41, 5.74) is 1.38. The molecule has 1 amide bonds. The lowest BCUT2D eigenvalue weighted by molar-refractivity contribution is -0.121. The second kappa shape index (κ2) is 8.75. The van der Waals surface area contributed by atoms with Gasteiger partial charge in [0.25, 0.3) is 0 Å². The van der Waals surface area contributed by atoms with Gasteiger partial charge in [0.05, 0.1) is 22.0 Å². The second-order valence-electron chi connectivity index (χ2n) is 6.30. The van der Waals surface area contributed by atoms with Crippen molar-refractivity contribution in [2.45, 2.75) is 26.3 Å². The maximum Gasteiger partial charge on any atom is 0.220 e. The average molecular weight is 401 g/mol. The summed E-state index contributed by atoms with van der Waals surface area (Å²) in [5.74, 6) is 1.13. The predicted molar refractivity (Wildman–Crippen MR) is 109 cm³/mol. The third-order valence-corrected chi connectivity index (χ3v) is 4.36. The minimum atomic E-state index is -0.139. The fourth-order valence-electron chi connectivity index (χ4n) is 2.65. The molecule has 8 heteroatoms. The Kier molecular flexibility index (Phi) is 6.16. The fourth-order valence-corrected chi connectivity index (χ4v) is 2.83. The number of hydrogen-bond acceptors (Lipinski definition) is 6. The van der Waals surface area contributed by atoms with Crippen LogP contribution in [0.1, 0.15) is 20.3 Å². The summed E-state index contributed by atoms with van der Waals surface area (Å²) in [5, 5.41) is 16.6. The first-order chi connectivity index (χ1) is 13.5. The van der Waals surface area contributed by atoms with Crippen LogP contribution in [0.2, 0.25) is 5.02 Å². The first kappa shape index (κ1) is 19.7. The number of amides is 1. The Balaban J connectivity index is 1.87. The number of aromatic hydroxyl groups is 1. The van der Waals surface area contributed by atoms with Crippen molar-refractivity contribution >= 4 is 39.9 Å². The lowest BCUT2D eigenvalue weighted by atomic mass is 10.2. The Bertz CT molecular complexity index is 991. The number of nitrogens with zero attached hydrogens (tertiary/aromatic N) is 2. The molecule has 0 fully saturated rings. The van der Waals surface area contributed by atoms with Gasteiger partial charge < -0.3 is 20.5 Å². The number of hydrogen-bond donors (Lipinski definition) is 3. The number of carbonyl (C=O) groups is 1. The number of rotatable bonds is 7. The molecule has 0 unspecified atom stereocenters. The quantitative estimate of drug-likeness (QED) is 0.518. The molecule has 7 nitrogen and oxygen atoms in total. The largest absolute Gasteiger partial charge is 0.506 e. The number of fused-ring (bicyclic) bond motifs is 1. The van der Waals surface area contributed by atoms with E-state index in [0.717, 1.165) is 0 Å². The highest BCUT2D eigenvalue weighted by Crippen LogP contribution is 2.33. The number of carbonyl (C=O) groups excluding carboxylic acids is 1.